The summed E-state index contributed by atoms with van der Waals surface area (Å²) < 4.78 is 14.0. The molecule has 3 rings (SSSR count). The van der Waals surface area contributed by atoms with Crippen molar-refractivity contribution < 1.29 is 4.39 Å². The summed E-state index contributed by atoms with van der Waals surface area (Å²) in [7, 11) is 4.15. The normalized spacial score (nSPS) is 15.0. The van der Waals surface area contributed by atoms with Gasteiger partial charge in [0, 0.05) is 18.0 Å². The molecular weight excluding hydrogens is 367 g/mol. The van der Waals surface area contributed by atoms with E-state index in [1.807, 2.05) is 6.07 Å². The second-order valence-electron chi connectivity index (χ2n) is 7.43. The van der Waals surface area contributed by atoms with Crippen molar-refractivity contribution in [1.82, 2.24) is 10.2 Å². The number of benzene rings is 2. The summed E-state index contributed by atoms with van der Waals surface area (Å²) in [6, 6.07) is 13.8. The second kappa shape index (κ2) is 9.55. The number of rotatable bonds is 8. The Morgan fingerprint density at radius 1 is 1.04 bits per heavy atom. The van der Waals surface area contributed by atoms with E-state index in [0.717, 1.165) is 37.2 Å². The fraction of sp³-hybridized carbons (Fsp3) is 0.333. The van der Waals surface area contributed by atoms with Crippen LogP contribution in [0.2, 0.25) is 0 Å². The molecule has 0 radical (unpaired) electrons. The molecule has 0 saturated heterocycles. The van der Waals surface area contributed by atoms with E-state index in [2.05, 4.69) is 67.8 Å². The number of halogens is 1. The van der Waals surface area contributed by atoms with Gasteiger partial charge in [-0.3, -0.25) is 0 Å². The molecule has 0 aliphatic heterocycles. The highest BCUT2D eigenvalue weighted by Crippen LogP contribution is 2.43. The van der Waals surface area contributed by atoms with E-state index in [1.165, 1.54) is 27.2 Å². The largest absolute Gasteiger partial charge is 0.315 e. The highest BCUT2D eigenvalue weighted by molar-refractivity contribution is 7.98. The summed E-state index contributed by atoms with van der Waals surface area (Å²) in [6.07, 6.45) is 5.21. The molecule has 0 heterocycles. The van der Waals surface area contributed by atoms with Crippen molar-refractivity contribution >= 4 is 29.0 Å². The summed E-state index contributed by atoms with van der Waals surface area (Å²) in [5.41, 5.74) is 7.06. The first-order valence-electron chi connectivity index (χ1n) is 9.71. The minimum Gasteiger partial charge on any atom is -0.315 e. The Labute approximate surface area is 172 Å². The van der Waals surface area contributed by atoms with Crippen LogP contribution in [-0.4, -0.2) is 44.9 Å². The van der Waals surface area contributed by atoms with Crippen LogP contribution < -0.4 is 5.32 Å². The van der Waals surface area contributed by atoms with E-state index < -0.39 is 0 Å². The average Bonchev–Trinajstić information content (AvgIpc) is 2.93. The number of hydrogen-bond donors (Lipinski definition) is 1. The third-order valence-electron chi connectivity index (χ3n) is 5.17. The van der Waals surface area contributed by atoms with Gasteiger partial charge < -0.3 is 10.2 Å². The molecule has 0 amide bonds. The van der Waals surface area contributed by atoms with Crippen molar-refractivity contribution in [2.45, 2.75) is 18.2 Å². The highest BCUT2D eigenvalue weighted by Gasteiger charge is 2.23. The van der Waals surface area contributed by atoms with Crippen molar-refractivity contribution in [3.63, 3.8) is 0 Å². The first-order valence-corrected chi connectivity index (χ1v) is 10.9. The van der Waals surface area contributed by atoms with Crippen LogP contribution >= 0.6 is 11.8 Å². The quantitative estimate of drug-likeness (QED) is 0.474. The molecule has 0 spiro atoms. The molecular formula is C24H29FN2S. The van der Waals surface area contributed by atoms with Gasteiger partial charge in [0.1, 0.15) is 5.82 Å². The molecule has 4 heteroatoms. The molecule has 0 bridgehead atoms. The number of likely N-dealkylation sites (N-methyl/N-ethyl adjacent to an activating group) is 1. The second-order valence-corrected chi connectivity index (χ2v) is 8.31. The number of nitrogens with zero attached hydrogens (tertiary/aromatic N) is 1. The van der Waals surface area contributed by atoms with Crippen LogP contribution in [0.25, 0.3) is 17.2 Å². The fourth-order valence-corrected chi connectivity index (χ4v) is 3.99. The Balaban J connectivity index is 1.85. The third kappa shape index (κ3) is 4.93. The first-order chi connectivity index (χ1) is 13.5. The van der Waals surface area contributed by atoms with Crippen molar-refractivity contribution in [2.24, 2.45) is 0 Å². The lowest BCUT2D eigenvalue weighted by Crippen LogP contribution is -2.27. The monoisotopic (exact) mass is 396 g/mol. The summed E-state index contributed by atoms with van der Waals surface area (Å²) >= 11 is 1.74. The molecule has 2 nitrogen and oxygen atoms in total. The van der Waals surface area contributed by atoms with E-state index in [0.29, 0.717) is 0 Å². The minimum absolute atomic E-state index is 0.171. The van der Waals surface area contributed by atoms with E-state index in [1.54, 1.807) is 23.9 Å². The van der Waals surface area contributed by atoms with Crippen molar-refractivity contribution in [2.75, 3.05) is 40.0 Å². The zero-order chi connectivity index (χ0) is 20.1. The van der Waals surface area contributed by atoms with E-state index >= 15 is 0 Å². The molecule has 2 aromatic rings. The number of hydrogen-bond acceptors (Lipinski definition) is 3. The van der Waals surface area contributed by atoms with Gasteiger partial charge in [-0.1, -0.05) is 18.2 Å². The van der Waals surface area contributed by atoms with Gasteiger partial charge in [-0.05, 0) is 104 Å². The lowest BCUT2D eigenvalue weighted by Gasteiger charge is -2.11. The van der Waals surface area contributed by atoms with Gasteiger partial charge in [-0.25, -0.2) is 4.39 Å². The third-order valence-corrected chi connectivity index (χ3v) is 5.91. The smallest absolute Gasteiger partial charge is 0.123 e. The van der Waals surface area contributed by atoms with E-state index in [4.69, 9.17) is 0 Å². The number of fused-ring (bicyclic) bond motifs is 1. The first kappa shape index (κ1) is 20.8. The Morgan fingerprint density at radius 2 is 1.79 bits per heavy atom. The zero-order valence-electron chi connectivity index (χ0n) is 17.2. The van der Waals surface area contributed by atoms with Crippen LogP contribution in [0, 0.1) is 5.82 Å². The maximum atomic E-state index is 14.0. The molecule has 1 aliphatic carbocycles. The number of allylic oxidation sites excluding steroid dienone is 2. The summed E-state index contributed by atoms with van der Waals surface area (Å²) in [5.74, 6) is -0.171. The molecule has 2 aromatic carbocycles. The summed E-state index contributed by atoms with van der Waals surface area (Å²) in [4.78, 5) is 3.42. The number of thioether (sulfide) groups is 1. The Kier molecular flexibility index (Phi) is 7.11. The fourth-order valence-electron chi connectivity index (χ4n) is 3.58. The lowest BCUT2D eigenvalue weighted by molar-refractivity contribution is 0.401. The Hall–Kier alpha value is -1.88. The van der Waals surface area contributed by atoms with Crippen molar-refractivity contribution in [3.8, 4) is 0 Å². The van der Waals surface area contributed by atoms with Gasteiger partial charge in [0.2, 0.25) is 0 Å². The Morgan fingerprint density at radius 3 is 2.46 bits per heavy atom. The van der Waals surface area contributed by atoms with E-state index in [9.17, 15) is 4.39 Å². The van der Waals surface area contributed by atoms with Gasteiger partial charge >= 0.3 is 0 Å². The maximum Gasteiger partial charge on any atom is 0.123 e. The highest BCUT2D eigenvalue weighted by atomic mass is 32.2. The topological polar surface area (TPSA) is 15.3 Å². The van der Waals surface area contributed by atoms with Gasteiger partial charge in [0.05, 0.1) is 0 Å². The minimum atomic E-state index is -0.171. The standard InChI is InChI=1S/C24H29FN2S/c1-17-21(11-12-26-13-14-27(2)3)24-16-19(25)7-10-22(24)23(17)15-18-5-8-20(28-4)9-6-18/h5-10,15-16,26H,11-14H2,1-4H3/b23-15-. The van der Waals surface area contributed by atoms with Crippen molar-refractivity contribution in [1.29, 1.82) is 0 Å². The molecule has 0 unspecified atom stereocenters. The van der Waals surface area contributed by atoms with Gasteiger partial charge in [0.25, 0.3) is 0 Å². The maximum absolute atomic E-state index is 14.0. The molecule has 0 saturated carbocycles. The zero-order valence-corrected chi connectivity index (χ0v) is 18.0. The number of nitrogens with one attached hydrogen (secondary N) is 1. The van der Waals surface area contributed by atoms with Crippen LogP contribution in [0.1, 0.15) is 30.0 Å². The predicted octanol–water partition coefficient (Wildman–Crippen LogP) is 5.42. The van der Waals surface area contributed by atoms with E-state index in [-0.39, 0.29) is 5.82 Å². The molecule has 0 atom stereocenters. The molecule has 148 valence electrons. The summed E-state index contributed by atoms with van der Waals surface area (Å²) in [5, 5.41) is 3.50. The van der Waals surface area contributed by atoms with Crippen LogP contribution in [0.5, 0.6) is 0 Å². The van der Waals surface area contributed by atoms with Crippen LogP contribution in [0.4, 0.5) is 4.39 Å². The van der Waals surface area contributed by atoms with Gasteiger partial charge in [0.15, 0.2) is 0 Å². The molecule has 28 heavy (non-hydrogen) atoms. The van der Waals surface area contributed by atoms with Gasteiger partial charge in [-0.2, -0.15) is 0 Å². The lowest BCUT2D eigenvalue weighted by atomic mass is 10.0. The van der Waals surface area contributed by atoms with Crippen LogP contribution in [0.15, 0.2) is 52.9 Å². The molecule has 0 fully saturated rings. The molecule has 1 N–H and O–H groups in total. The van der Waals surface area contributed by atoms with Crippen molar-refractivity contribution in [3.05, 3.63) is 70.5 Å². The van der Waals surface area contributed by atoms with Gasteiger partial charge in [-0.15, -0.1) is 11.8 Å². The average molecular weight is 397 g/mol. The predicted molar refractivity (Wildman–Crippen MR) is 121 cm³/mol. The van der Waals surface area contributed by atoms with Crippen LogP contribution in [-0.2, 0) is 0 Å². The molecule has 1 aliphatic rings. The SMILES string of the molecule is CSc1ccc(/C=C2/C(C)=C(CCNCCN(C)C)c3cc(F)ccc32)cc1. The molecule has 0 aromatic heterocycles. The van der Waals surface area contributed by atoms with Crippen LogP contribution in [0.3, 0.4) is 0 Å². The summed E-state index contributed by atoms with van der Waals surface area (Å²) in [6.45, 7) is 5.03. The Bertz CT molecular complexity index is 882.